The number of aromatic carboxylic acids is 1. The third kappa shape index (κ3) is 2.78. The SMILES string of the molecule is CC1(CF)CCN(c2c(F)cc3c(=O)c(C(=O)O)cn(C4CC4)c3c2F)C1. The number of halogens is 3. The zero-order valence-electron chi connectivity index (χ0n) is 14.8. The van der Waals surface area contributed by atoms with E-state index in [-0.39, 0.29) is 29.2 Å². The van der Waals surface area contributed by atoms with Crippen molar-refractivity contribution in [3.8, 4) is 0 Å². The van der Waals surface area contributed by atoms with Gasteiger partial charge in [0.2, 0.25) is 5.43 Å². The first-order valence-corrected chi connectivity index (χ1v) is 8.87. The van der Waals surface area contributed by atoms with Crippen LogP contribution in [0.4, 0.5) is 18.9 Å². The number of nitrogens with zero attached hydrogens (tertiary/aromatic N) is 2. The Balaban J connectivity index is 1.96. The molecule has 1 aliphatic carbocycles. The highest BCUT2D eigenvalue weighted by molar-refractivity contribution is 5.94. The van der Waals surface area contributed by atoms with Crippen LogP contribution in [0.3, 0.4) is 0 Å². The lowest BCUT2D eigenvalue weighted by Gasteiger charge is -2.24. The van der Waals surface area contributed by atoms with Crippen molar-refractivity contribution < 1.29 is 23.1 Å². The number of carboxylic acids is 1. The van der Waals surface area contributed by atoms with Gasteiger partial charge in [-0.1, -0.05) is 6.92 Å². The number of alkyl halides is 1. The van der Waals surface area contributed by atoms with E-state index in [9.17, 15) is 23.5 Å². The molecule has 0 amide bonds. The van der Waals surface area contributed by atoms with E-state index in [2.05, 4.69) is 0 Å². The van der Waals surface area contributed by atoms with Crippen LogP contribution >= 0.6 is 0 Å². The standard InChI is InChI=1S/C19H19F3N2O3/c1-19(8-20)4-5-23(9-19)16-13(21)6-11-15(14(16)22)24(10-2-3-10)7-12(17(11)25)18(26)27/h6-7,10H,2-5,8-9H2,1H3,(H,26,27). The molecule has 5 nitrogen and oxygen atoms in total. The lowest BCUT2D eigenvalue weighted by atomic mass is 9.92. The summed E-state index contributed by atoms with van der Waals surface area (Å²) in [6, 6.07) is 0.792. The highest BCUT2D eigenvalue weighted by Gasteiger charge is 2.37. The maximum Gasteiger partial charge on any atom is 0.341 e. The van der Waals surface area contributed by atoms with Gasteiger partial charge in [-0.2, -0.15) is 0 Å². The van der Waals surface area contributed by atoms with Crippen LogP contribution in [0.1, 0.15) is 42.6 Å². The van der Waals surface area contributed by atoms with Gasteiger partial charge in [0, 0.05) is 30.7 Å². The van der Waals surface area contributed by atoms with Crippen molar-refractivity contribution in [2.75, 3.05) is 24.7 Å². The fourth-order valence-electron chi connectivity index (χ4n) is 3.84. The molecule has 8 heteroatoms. The molecule has 2 fully saturated rings. The number of carboxylic acid groups (broad SMARTS) is 1. The summed E-state index contributed by atoms with van der Waals surface area (Å²) in [5, 5.41) is 8.97. The van der Waals surface area contributed by atoms with Gasteiger partial charge in [0.05, 0.1) is 17.6 Å². The third-order valence-electron chi connectivity index (χ3n) is 5.55. The van der Waals surface area contributed by atoms with Gasteiger partial charge in [-0.05, 0) is 25.3 Å². The second kappa shape index (κ2) is 6.00. The summed E-state index contributed by atoms with van der Waals surface area (Å²) in [6.07, 6.45) is 3.07. The zero-order chi connectivity index (χ0) is 19.5. The Kier molecular flexibility index (Phi) is 3.98. The molecule has 0 bridgehead atoms. The molecule has 144 valence electrons. The Bertz CT molecular complexity index is 1020. The minimum atomic E-state index is -1.43. The number of aromatic nitrogens is 1. The van der Waals surface area contributed by atoms with Gasteiger partial charge in [-0.15, -0.1) is 0 Å². The Morgan fingerprint density at radius 3 is 2.63 bits per heavy atom. The summed E-state index contributed by atoms with van der Waals surface area (Å²) < 4.78 is 44.9. The molecule has 0 spiro atoms. The molecule has 0 radical (unpaired) electrons. The van der Waals surface area contributed by atoms with Crippen LogP contribution in [-0.4, -0.2) is 35.4 Å². The third-order valence-corrected chi connectivity index (χ3v) is 5.55. The first-order chi connectivity index (χ1) is 12.8. The number of hydrogen-bond donors (Lipinski definition) is 1. The molecule has 1 atom stereocenters. The van der Waals surface area contributed by atoms with E-state index >= 15 is 4.39 Å². The lowest BCUT2D eigenvalue weighted by Crippen LogP contribution is -2.28. The van der Waals surface area contributed by atoms with Crippen molar-refractivity contribution in [1.29, 1.82) is 0 Å². The molecule has 2 heterocycles. The minimum Gasteiger partial charge on any atom is -0.477 e. The smallest absolute Gasteiger partial charge is 0.341 e. The maximum absolute atomic E-state index is 15.4. The van der Waals surface area contributed by atoms with Crippen LogP contribution in [0.25, 0.3) is 10.9 Å². The molecule has 2 aliphatic rings. The second-order valence-electron chi connectivity index (χ2n) is 7.85. The van der Waals surface area contributed by atoms with Crippen LogP contribution in [0.15, 0.2) is 17.1 Å². The molecular formula is C19H19F3N2O3. The number of fused-ring (bicyclic) bond motifs is 1. The Morgan fingerprint density at radius 2 is 2.07 bits per heavy atom. The molecule has 1 N–H and O–H groups in total. The Hall–Kier alpha value is -2.51. The summed E-state index contributed by atoms with van der Waals surface area (Å²) in [7, 11) is 0. The van der Waals surface area contributed by atoms with Crippen LogP contribution in [0.5, 0.6) is 0 Å². The normalized spacial score (nSPS) is 22.6. The predicted molar refractivity (Wildman–Crippen MR) is 94.3 cm³/mol. The number of hydrogen-bond acceptors (Lipinski definition) is 3. The van der Waals surface area contributed by atoms with E-state index in [1.807, 2.05) is 0 Å². The zero-order valence-corrected chi connectivity index (χ0v) is 14.8. The van der Waals surface area contributed by atoms with Crippen molar-refractivity contribution in [1.82, 2.24) is 4.57 Å². The number of pyridine rings is 1. The topological polar surface area (TPSA) is 62.5 Å². The average molecular weight is 380 g/mol. The molecule has 1 aromatic carbocycles. The van der Waals surface area contributed by atoms with E-state index in [0.717, 1.165) is 25.1 Å². The van der Waals surface area contributed by atoms with Crippen molar-refractivity contribution in [3.63, 3.8) is 0 Å². The summed E-state index contributed by atoms with van der Waals surface area (Å²) in [5.74, 6) is -3.27. The maximum atomic E-state index is 15.4. The van der Waals surface area contributed by atoms with Crippen LogP contribution < -0.4 is 10.3 Å². The van der Waals surface area contributed by atoms with Crippen LogP contribution in [-0.2, 0) is 0 Å². The molecule has 4 rings (SSSR count). The molecule has 2 aromatic rings. The Morgan fingerprint density at radius 1 is 1.37 bits per heavy atom. The second-order valence-corrected chi connectivity index (χ2v) is 7.85. The first-order valence-electron chi connectivity index (χ1n) is 8.87. The molecule has 1 aromatic heterocycles. The fourth-order valence-corrected chi connectivity index (χ4v) is 3.84. The molecular weight excluding hydrogens is 361 g/mol. The molecule has 1 saturated carbocycles. The monoisotopic (exact) mass is 380 g/mol. The van der Waals surface area contributed by atoms with Crippen molar-refractivity contribution in [2.45, 2.75) is 32.2 Å². The summed E-state index contributed by atoms with van der Waals surface area (Å²) in [5.41, 5.74) is -2.45. The van der Waals surface area contributed by atoms with Crippen molar-refractivity contribution in [3.05, 3.63) is 39.7 Å². The molecule has 1 aliphatic heterocycles. The van der Waals surface area contributed by atoms with E-state index < -0.39 is 40.7 Å². The Labute approximate surface area is 153 Å². The quantitative estimate of drug-likeness (QED) is 0.882. The predicted octanol–water partition coefficient (Wildman–Crippen LogP) is 3.50. The van der Waals surface area contributed by atoms with Crippen molar-refractivity contribution in [2.24, 2.45) is 5.41 Å². The average Bonchev–Trinajstić information content (AvgIpc) is 3.38. The highest BCUT2D eigenvalue weighted by atomic mass is 19.1. The summed E-state index contributed by atoms with van der Waals surface area (Å²) in [4.78, 5) is 25.3. The number of anilines is 1. The van der Waals surface area contributed by atoms with Gasteiger partial charge >= 0.3 is 5.97 Å². The molecule has 1 saturated heterocycles. The van der Waals surface area contributed by atoms with Gasteiger partial charge in [0.1, 0.15) is 17.1 Å². The van der Waals surface area contributed by atoms with E-state index in [4.69, 9.17) is 0 Å². The highest BCUT2D eigenvalue weighted by Crippen LogP contribution is 2.41. The van der Waals surface area contributed by atoms with Crippen molar-refractivity contribution >= 4 is 22.6 Å². The minimum absolute atomic E-state index is 0.0854. The van der Waals surface area contributed by atoms with E-state index in [1.54, 1.807) is 6.92 Å². The van der Waals surface area contributed by atoms with Gasteiger partial charge in [-0.25, -0.2) is 13.6 Å². The fraction of sp³-hybridized carbons (Fsp3) is 0.474. The summed E-state index contributed by atoms with van der Waals surface area (Å²) in [6.45, 7) is 1.61. The van der Waals surface area contributed by atoms with Gasteiger partial charge < -0.3 is 14.6 Å². The van der Waals surface area contributed by atoms with Crippen LogP contribution in [0.2, 0.25) is 0 Å². The number of carbonyl (C=O) groups is 1. The number of rotatable bonds is 4. The number of benzene rings is 1. The first kappa shape index (κ1) is 17.9. The van der Waals surface area contributed by atoms with Gasteiger partial charge in [-0.3, -0.25) is 9.18 Å². The van der Waals surface area contributed by atoms with E-state index in [1.165, 1.54) is 9.47 Å². The van der Waals surface area contributed by atoms with Crippen LogP contribution in [0, 0.1) is 17.0 Å². The molecule has 1 unspecified atom stereocenters. The summed E-state index contributed by atoms with van der Waals surface area (Å²) >= 11 is 0. The largest absolute Gasteiger partial charge is 0.477 e. The van der Waals surface area contributed by atoms with E-state index in [0.29, 0.717) is 13.0 Å². The molecule has 27 heavy (non-hydrogen) atoms. The van der Waals surface area contributed by atoms with Gasteiger partial charge in [0.25, 0.3) is 0 Å². The van der Waals surface area contributed by atoms with Gasteiger partial charge in [0.15, 0.2) is 5.82 Å². The lowest BCUT2D eigenvalue weighted by molar-refractivity contribution is 0.0694.